The van der Waals surface area contributed by atoms with Crippen molar-refractivity contribution in [3.05, 3.63) is 35.9 Å². The molecule has 0 N–H and O–H groups in total. The van der Waals surface area contributed by atoms with Crippen molar-refractivity contribution < 1.29 is 9.47 Å². The lowest BCUT2D eigenvalue weighted by molar-refractivity contribution is 0.301. The van der Waals surface area contributed by atoms with Crippen molar-refractivity contribution >= 4 is 26.7 Å². The lowest BCUT2D eigenvalue weighted by Crippen LogP contribution is -2.02. The fourth-order valence-electron chi connectivity index (χ4n) is 2.84. The summed E-state index contributed by atoms with van der Waals surface area (Å²) < 4.78 is 12.2. The van der Waals surface area contributed by atoms with Crippen molar-refractivity contribution in [3.8, 4) is 11.5 Å². The van der Waals surface area contributed by atoms with Gasteiger partial charge in [-0.15, -0.1) is 0 Å². The topological polar surface area (TPSA) is 18.5 Å². The van der Waals surface area contributed by atoms with Gasteiger partial charge in [0.1, 0.15) is 11.5 Å². The maximum absolute atomic E-state index is 6.10. The number of fused-ring (bicyclic) bond motifs is 1. The molecule has 0 atom stereocenters. The predicted octanol–water partition coefficient (Wildman–Crippen LogP) is 6.66. The van der Waals surface area contributed by atoms with Crippen LogP contribution in [0.5, 0.6) is 11.5 Å². The molecule has 2 rings (SSSR count). The van der Waals surface area contributed by atoms with E-state index in [1.54, 1.807) is 0 Å². The van der Waals surface area contributed by atoms with Crippen LogP contribution in [0.3, 0.4) is 0 Å². The molecule has 0 saturated heterocycles. The fraction of sp³-hybridized carbons (Fsp3) is 0.524. The van der Waals surface area contributed by atoms with Gasteiger partial charge in [0.15, 0.2) is 0 Å². The molecule has 0 aliphatic rings. The van der Waals surface area contributed by atoms with Gasteiger partial charge in [0.25, 0.3) is 0 Å². The summed E-state index contributed by atoms with van der Waals surface area (Å²) in [4.78, 5) is 0. The van der Waals surface area contributed by atoms with Crippen LogP contribution in [0.25, 0.3) is 10.8 Å². The van der Waals surface area contributed by atoms with Gasteiger partial charge in [0.2, 0.25) is 0 Å². The largest absolute Gasteiger partial charge is 0.493 e. The number of alkyl halides is 1. The number of ether oxygens (including phenoxy) is 2. The summed E-state index contributed by atoms with van der Waals surface area (Å²) in [6, 6.07) is 10.5. The number of hydrogen-bond acceptors (Lipinski definition) is 2. The maximum Gasteiger partial charge on any atom is 0.130 e. The van der Waals surface area contributed by atoms with Gasteiger partial charge in [0, 0.05) is 16.1 Å². The van der Waals surface area contributed by atoms with Crippen LogP contribution in [-0.2, 0) is 0 Å². The summed E-state index contributed by atoms with van der Waals surface area (Å²) in [6.45, 7) is 5.88. The average molecular weight is 393 g/mol. The first-order chi connectivity index (χ1) is 11.8. The van der Waals surface area contributed by atoms with Crippen molar-refractivity contribution in [1.29, 1.82) is 0 Å². The Morgan fingerprint density at radius 3 is 2.33 bits per heavy atom. The van der Waals surface area contributed by atoms with Crippen molar-refractivity contribution in [2.75, 3.05) is 18.5 Å². The zero-order valence-corrected chi connectivity index (χ0v) is 16.5. The highest BCUT2D eigenvalue weighted by Crippen LogP contribution is 2.36. The van der Waals surface area contributed by atoms with E-state index in [-0.39, 0.29) is 0 Å². The molecular weight excluding hydrogens is 364 g/mol. The van der Waals surface area contributed by atoms with Gasteiger partial charge in [-0.1, -0.05) is 60.0 Å². The van der Waals surface area contributed by atoms with Crippen molar-refractivity contribution in [2.24, 2.45) is 0 Å². The molecule has 0 saturated carbocycles. The van der Waals surface area contributed by atoms with Crippen molar-refractivity contribution in [1.82, 2.24) is 0 Å². The van der Waals surface area contributed by atoms with Gasteiger partial charge >= 0.3 is 0 Å². The quantitative estimate of drug-likeness (QED) is 0.314. The molecule has 2 nitrogen and oxygen atoms in total. The molecule has 0 aliphatic carbocycles. The van der Waals surface area contributed by atoms with Crippen LogP contribution in [0.1, 0.15) is 51.0 Å². The van der Waals surface area contributed by atoms with E-state index in [1.165, 1.54) is 25.7 Å². The Hall–Kier alpha value is -1.22. The van der Waals surface area contributed by atoms with E-state index < -0.39 is 0 Å². The number of unbranched alkanes of at least 4 members (excludes halogenated alkanes) is 4. The number of rotatable bonds is 11. The minimum atomic E-state index is 0.771. The summed E-state index contributed by atoms with van der Waals surface area (Å²) in [7, 11) is 0. The number of aryl methyl sites for hydroxylation is 1. The predicted molar refractivity (Wildman–Crippen MR) is 107 cm³/mol. The zero-order valence-electron chi connectivity index (χ0n) is 14.9. The SMILES string of the molecule is CCCCCOc1c(C)cc(OCCCCCBr)c2ccccc12. The number of hydrogen-bond donors (Lipinski definition) is 0. The Bertz CT molecular complexity index is 625. The molecule has 0 aliphatic heterocycles. The Kier molecular flexibility index (Phi) is 8.44. The highest BCUT2D eigenvalue weighted by Gasteiger charge is 2.11. The first kappa shape index (κ1) is 19.1. The van der Waals surface area contributed by atoms with E-state index >= 15 is 0 Å². The molecule has 0 fully saturated rings. The second-order valence-electron chi connectivity index (χ2n) is 6.22. The lowest BCUT2D eigenvalue weighted by Gasteiger charge is -2.16. The molecule has 0 radical (unpaired) electrons. The third kappa shape index (κ3) is 5.41. The molecule has 3 heteroatoms. The van der Waals surface area contributed by atoms with E-state index in [2.05, 4.69) is 60.1 Å². The van der Waals surface area contributed by atoms with Crippen LogP contribution >= 0.6 is 15.9 Å². The van der Waals surface area contributed by atoms with Gasteiger partial charge in [-0.3, -0.25) is 0 Å². The van der Waals surface area contributed by atoms with Crippen LogP contribution in [0.2, 0.25) is 0 Å². The smallest absolute Gasteiger partial charge is 0.130 e. The Morgan fingerprint density at radius 2 is 1.58 bits per heavy atom. The molecule has 132 valence electrons. The average Bonchev–Trinajstić information content (AvgIpc) is 2.60. The van der Waals surface area contributed by atoms with Gasteiger partial charge in [-0.05, 0) is 44.2 Å². The van der Waals surface area contributed by atoms with E-state index in [9.17, 15) is 0 Å². The Labute approximate surface area is 154 Å². The summed E-state index contributed by atoms with van der Waals surface area (Å²) in [5, 5.41) is 3.37. The summed E-state index contributed by atoms with van der Waals surface area (Å²) in [6.07, 6.45) is 7.02. The standard InChI is InChI=1S/C21H29BrO2/c1-3-4-9-15-24-21-17(2)16-20(23-14-10-5-8-13-22)18-11-6-7-12-19(18)21/h6-7,11-12,16H,3-5,8-10,13-15H2,1-2H3. The monoisotopic (exact) mass is 392 g/mol. The minimum absolute atomic E-state index is 0.771. The normalized spacial score (nSPS) is 11.0. The summed E-state index contributed by atoms with van der Waals surface area (Å²) >= 11 is 3.47. The van der Waals surface area contributed by atoms with Gasteiger partial charge in [0.05, 0.1) is 13.2 Å². The lowest BCUT2D eigenvalue weighted by atomic mass is 10.0. The molecule has 0 unspecified atom stereocenters. The molecule has 24 heavy (non-hydrogen) atoms. The third-order valence-corrected chi connectivity index (χ3v) is 4.73. The van der Waals surface area contributed by atoms with Crippen molar-refractivity contribution in [2.45, 2.75) is 52.4 Å². The highest BCUT2D eigenvalue weighted by atomic mass is 79.9. The molecule has 0 heterocycles. The van der Waals surface area contributed by atoms with Crippen LogP contribution in [-0.4, -0.2) is 18.5 Å². The van der Waals surface area contributed by atoms with Gasteiger partial charge in [-0.2, -0.15) is 0 Å². The van der Waals surface area contributed by atoms with Crippen LogP contribution in [0.15, 0.2) is 30.3 Å². The van der Waals surface area contributed by atoms with Crippen LogP contribution in [0.4, 0.5) is 0 Å². The van der Waals surface area contributed by atoms with Gasteiger partial charge < -0.3 is 9.47 Å². The first-order valence-electron chi connectivity index (χ1n) is 9.11. The maximum atomic E-state index is 6.10. The summed E-state index contributed by atoms with van der Waals surface area (Å²) in [5.74, 6) is 1.98. The minimum Gasteiger partial charge on any atom is -0.493 e. The highest BCUT2D eigenvalue weighted by molar-refractivity contribution is 9.09. The summed E-state index contributed by atoms with van der Waals surface area (Å²) in [5.41, 5.74) is 1.15. The first-order valence-corrected chi connectivity index (χ1v) is 10.2. The molecule has 0 amide bonds. The second-order valence-corrected chi connectivity index (χ2v) is 7.01. The van der Waals surface area contributed by atoms with E-state index in [0.29, 0.717) is 0 Å². The molecule has 2 aromatic carbocycles. The van der Waals surface area contributed by atoms with E-state index in [1.807, 2.05) is 0 Å². The molecule has 0 bridgehead atoms. The second kappa shape index (κ2) is 10.6. The zero-order chi connectivity index (χ0) is 17.2. The third-order valence-electron chi connectivity index (χ3n) is 4.17. The molecule has 2 aromatic rings. The van der Waals surface area contributed by atoms with Gasteiger partial charge in [-0.25, -0.2) is 0 Å². The number of halogens is 1. The Balaban J connectivity index is 2.13. The number of benzene rings is 2. The van der Waals surface area contributed by atoms with Crippen LogP contribution < -0.4 is 9.47 Å². The van der Waals surface area contributed by atoms with E-state index in [0.717, 1.165) is 59.2 Å². The van der Waals surface area contributed by atoms with Crippen LogP contribution in [0, 0.1) is 6.92 Å². The van der Waals surface area contributed by atoms with Crippen molar-refractivity contribution in [3.63, 3.8) is 0 Å². The Morgan fingerprint density at radius 1 is 0.875 bits per heavy atom. The molecular formula is C21H29BrO2. The fourth-order valence-corrected chi connectivity index (χ4v) is 3.24. The van der Waals surface area contributed by atoms with E-state index in [4.69, 9.17) is 9.47 Å². The molecule has 0 spiro atoms. The molecule has 0 aromatic heterocycles.